The van der Waals surface area contributed by atoms with Gasteiger partial charge in [-0.05, 0) is 6.92 Å². The van der Waals surface area contributed by atoms with E-state index in [1.54, 1.807) is 25.7 Å². The van der Waals surface area contributed by atoms with Crippen molar-refractivity contribution in [1.29, 1.82) is 0 Å². The highest BCUT2D eigenvalue weighted by Crippen LogP contribution is 1.95. The lowest BCUT2D eigenvalue weighted by Gasteiger charge is -2.09. The molecule has 0 aromatic carbocycles. The number of H-pyrrole nitrogens is 1. The fourth-order valence-electron chi connectivity index (χ4n) is 1.00. The van der Waals surface area contributed by atoms with E-state index < -0.39 is 5.66 Å². The highest BCUT2D eigenvalue weighted by molar-refractivity contribution is 5.71. The fraction of sp³-hybridized carbons (Fsp3) is 0.286. The number of aliphatic imine (C=N–C) groups is 1. The number of nitrogens with zero attached hydrogens (tertiary/aromatic N) is 3. The van der Waals surface area contributed by atoms with E-state index in [9.17, 15) is 0 Å². The number of rotatable bonds is 0. The topological polar surface area (TPSA) is 79.4 Å². The predicted molar refractivity (Wildman–Crippen MR) is 44.9 cm³/mol. The molecule has 0 spiro atoms. The minimum atomic E-state index is -0.753. The summed E-state index contributed by atoms with van der Waals surface area (Å²) in [6.45, 7) is 1.77. The first kappa shape index (κ1) is 7.17. The molecule has 1 aromatic rings. The van der Waals surface area contributed by atoms with Gasteiger partial charge in [-0.1, -0.05) is 0 Å². The molecule has 0 fully saturated rings. The van der Waals surface area contributed by atoms with Crippen LogP contribution in [0.25, 0.3) is 6.20 Å². The van der Waals surface area contributed by atoms with Crippen LogP contribution in [0, 0.1) is 0 Å². The van der Waals surface area contributed by atoms with Gasteiger partial charge in [-0.2, -0.15) is 0 Å². The van der Waals surface area contributed by atoms with Gasteiger partial charge in [-0.15, -0.1) is 0 Å². The third-order valence-corrected chi connectivity index (χ3v) is 1.53. The first-order valence-corrected chi connectivity index (χ1v) is 3.60. The molecule has 0 saturated carbocycles. The van der Waals surface area contributed by atoms with Crippen molar-refractivity contribution >= 4 is 12.4 Å². The van der Waals surface area contributed by atoms with Crippen LogP contribution in [-0.4, -0.2) is 21.8 Å². The number of fused-ring (bicyclic) bond motifs is 1. The molecular weight excluding hydrogens is 154 g/mol. The summed E-state index contributed by atoms with van der Waals surface area (Å²) in [5, 5.41) is 0.792. The Bertz CT molecular complexity index is 425. The van der Waals surface area contributed by atoms with Gasteiger partial charge >= 0.3 is 0 Å². The number of aromatic nitrogens is 2. The smallest absolute Gasteiger partial charge is 0.176 e. The molecule has 1 unspecified atom stereocenters. The van der Waals surface area contributed by atoms with Gasteiger partial charge in [0.1, 0.15) is 11.0 Å². The van der Waals surface area contributed by atoms with Crippen molar-refractivity contribution in [2.75, 3.05) is 0 Å². The van der Waals surface area contributed by atoms with Crippen LogP contribution in [-0.2, 0) is 0 Å². The van der Waals surface area contributed by atoms with Crippen molar-refractivity contribution in [3.63, 3.8) is 0 Å². The Morgan fingerprint density at radius 1 is 1.58 bits per heavy atom. The van der Waals surface area contributed by atoms with E-state index in [0.717, 1.165) is 5.35 Å². The van der Waals surface area contributed by atoms with Crippen molar-refractivity contribution in [2.45, 2.75) is 12.6 Å². The lowest BCUT2D eigenvalue weighted by molar-refractivity contribution is 0.652. The fourth-order valence-corrected chi connectivity index (χ4v) is 1.00. The van der Waals surface area contributed by atoms with Crippen LogP contribution in [0.5, 0.6) is 0 Å². The minimum absolute atomic E-state index is 0.609. The molecule has 1 atom stereocenters. The van der Waals surface area contributed by atoms with Crippen LogP contribution < -0.4 is 16.6 Å². The van der Waals surface area contributed by atoms with E-state index in [1.165, 1.54) is 0 Å². The molecule has 0 amide bonds. The molecule has 2 rings (SSSR count). The number of nitrogens with one attached hydrogen (secondary N) is 1. The van der Waals surface area contributed by atoms with Crippen LogP contribution in [0.15, 0.2) is 16.3 Å². The molecule has 0 bridgehead atoms. The van der Waals surface area contributed by atoms with Crippen LogP contribution in [0.3, 0.4) is 0 Å². The van der Waals surface area contributed by atoms with Crippen molar-refractivity contribution in [2.24, 2.45) is 15.7 Å². The Morgan fingerprint density at radius 2 is 2.42 bits per heavy atom. The summed E-state index contributed by atoms with van der Waals surface area (Å²) in [6.07, 6.45) is 4.81. The Hall–Kier alpha value is -1.49. The van der Waals surface area contributed by atoms with Crippen molar-refractivity contribution in [1.82, 2.24) is 9.97 Å². The Labute approximate surface area is 68.8 Å². The van der Waals surface area contributed by atoms with Crippen LogP contribution in [0.2, 0.25) is 0 Å². The van der Waals surface area contributed by atoms with Crippen LogP contribution in [0.4, 0.5) is 0 Å². The Morgan fingerprint density at radius 3 is 3.25 bits per heavy atom. The lowest BCUT2D eigenvalue weighted by atomic mass is 10.3. The first-order chi connectivity index (χ1) is 5.67. The van der Waals surface area contributed by atoms with Crippen molar-refractivity contribution in [3.8, 4) is 0 Å². The normalized spacial score (nSPS) is 26.8. The summed E-state index contributed by atoms with van der Waals surface area (Å²) in [5.74, 6) is 0. The van der Waals surface area contributed by atoms with E-state index in [-0.39, 0.29) is 0 Å². The van der Waals surface area contributed by atoms with Gasteiger partial charge in [0.25, 0.3) is 0 Å². The second-order valence-corrected chi connectivity index (χ2v) is 2.88. The van der Waals surface area contributed by atoms with Gasteiger partial charge in [-0.25, -0.2) is 9.98 Å². The zero-order valence-electron chi connectivity index (χ0n) is 6.65. The number of aromatic amines is 1. The zero-order chi connectivity index (χ0) is 8.60. The molecule has 1 aromatic heterocycles. The number of nitrogens with two attached hydrogens (primary N) is 1. The van der Waals surface area contributed by atoms with Crippen LogP contribution in [0.1, 0.15) is 6.92 Å². The third kappa shape index (κ3) is 1.14. The molecule has 62 valence electrons. The second kappa shape index (κ2) is 2.25. The van der Waals surface area contributed by atoms with Gasteiger partial charge in [0, 0.05) is 6.21 Å². The molecule has 1 aliphatic heterocycles. The van der Waals surface area contributed by atoms with E-state index in [2.05, 4.69) is 20.0 Å². The second-order valence-electron chi connectivity index (χ2n) is 2.88. The van der Waals surface area contributed by atoms with Crippen molar-refractivity contribution in [3.05, 3.63) is 17.2 Å². The molecule has 12 heavy (non-hydrogen) atoms. The summed E-state index contributed by atoms with van der Waals surface area (Å²) in [4.78, 5) is 15.1. The number of hydrogen-bond donors (Lipinski definition) is 2. The average molecular weight is 163 g/mol. The van der Waals surface area contributed by atoms with Gasteiger partial charge < -0.3 is 10.7 Å². The largest absolute Gasteiger partial charge is 0.342 e. The molecular formula is C7H9N5. The molecule has 5 nitrogen and oxygen atoms in total. The maximum absolute atomic E-state index is 5.76. The number of hydrogen-bond acceptors (Lipinski definition) is 4. The SMILES string of the molecule is CC1(N)C=NC=c2[nH]cnc2=N1. The molecule has 0 aliphatic carbocycles. The standard InChI is InChI=1S/C7H9N5/c1-7(8)3-9-2-5-6(12-7)11-4-10-5/h2-4H,8H2,1H3,(H,10,11,12). The molecule has 2 heterocycles. The Balaban J connectivity index is 2.75. The van der Waals surface area contributed by atoms with E-state index in [0.29, 0.717) is 5.49 Å². The van der Waals surface area contributed by atoms with Gasteiger partial charge in [0.05, 0.1) is 12.5 Å². The highest BCUT2D eigenvalue weighted by Gasteiger charge is 2.14. The molecule has 0 saturated heterocycles. The van der Waals surface area contributed by atoms with Gasteiger partial charge in [0.15, 0.2) is 5.49 Å². The highest BCUT2D eigenvalue weighted by atomic mass is 15.1. The van der Waals surface area contributed by atoms with Gasteiger partial charge in [-0.3, -0.25) is 4.99 Å². The lowest BCUT2D eigenvalue weighted by Crippen LogP contribution is -2.39. The zero-order valence-corrected chi connectivity index (χ0v) is 6.65. The summed E-state index contributed by atoms with van der Waals surface area (Å²) >= 11 is 0. The van der Waals surface area contributed by atoms with Crippen LogP contribution >= 0.6 is 0 Å². The predicted octanol–water partition coefficient (Wildman–Crippen LogP) is -1.47. The maximum Gasteiger partial charge on any atom is 0.176 e. The van der Waals surface area contributed by atoms with Crippen molar-refractivity contribution < 1.29 is 0 Å². The number of imidazole rings is 1. The molecule has 1 aliphatic rings. The summed E-state index contributed by atoms with van der Waals surface area (Å²) < 4.78 is 0. The molecule has 0 radical (unpaired) electrons. The molecule has 3 N–H and O–H groups in total. The average Bonchev–Trinajstić information content (AvgIpc) is 2.31. The van der Waals surface area contributed by atoms with Gasteiger partial charge in [0.2, 0.25) is 0 Å². The quantitative estimate of drug-likeness (QED) is 0.489. The monoisotopic (exact) mass is 163 g/mol. The summed E-state index contributed by atoms with van der Waals surface area (Å²) in [6, 6.07) is 0. The summed E-state index contributed by atoms with van der Waals surface area (Å²) in [7, 11) is 0. The molecule has 5 heteroatoms. The van der Waals surface area contributed by atoms with E-state index >= 15 is 0 Å². The Kier molecular flexibility index (Phi) is 1.34. The third-order valence-electron chi connectivity index (χ3n) is 1.53. The summed E-state index contributed by atoms with van der Waals surface area (Å²) in [5.41, 5.74) is 5.62. The first-order valence-electron chi connectivity index (χ1n) is 3.60. The van der Waals surface area contributed by atoms with E-state index in [1.807, 2.05) is 0 Å². The minimum Gasteiger partial charge on any atom is -0.342 e. The maximum atomic E-state index is 5.76. The van der Waals surface area contributed by atoms with E-state index in [4.69, 9.17) is 5.73 Å².